The molecule has 5 nitrogen and oxygen atoms in total. The number of benzene rings is 2. The van der Waals surface area contributed by atoms with Gasteiger partial charge >= 0.3 is 0 Å². The van der Waals surface area contributed by atoms with Crippen LogP contribution in [0, 0.1) is 0 Å². The second-order valence-electron chi connectivity index (χ2n) is 8.06. The molecule has 5 heteroatoms. The average molecular weight is 392 g/mol. The summed E-state index contributed by atoms with van der Waals surface area (Å²) in [6.45, 7) is 2.68. The van der Waals surface area contributed by atoms with Crippen molar-refractivity contribution in [1.29, 1.82) is 0 Å². The molecule has 1 saturated carbocycles. The molecule has 2 aromatic rings. The number of hydrogen-bond acceptors (Lipinski definition) is 5. The third kappa shape index (κ3) is 3.04. The predicted molar refractivity (Wildman–Crippen MR) is 113 cm³/mol. The highest BCUT2D eigenvalue weighted by atomic mass is 16.5. The number of fused-ring (bicyclic) bond motifs is 4. The predicted octanol–water partition coefficient (Wildman–Crippen LogP) is 5.30. The minimum Gasteiger partial charge on any atom is -0.494 e. The van der Waals surface area contributed by atoms with Gasteiger partial charge in [0.2, 0.25) is 0 Å². The lowest BCUT2D eigenvalue weighted by Crippen LogP contribution is -2.54. The zero-order chi connectivity index (χ0) is 19.8. The molecular weight excluding hydrogens is 364 g/mol. The number of nitrogens with zero attached hydrogens (tertiary/aromatic N) is 2. The quantitative estimate of drug-likeness (QED) is 0.708. The van der Waals surface area contributed by atoms with Gasteiger partial charge < -0.3 is 14.2 Å². The fourth-order valence-corrected chi connectivity index (χ4v) is 4.95. The number of hydrazone groups is 1. The Balaban J connectivity index is 1.54. The third-order valence-corrected chi connectivity index (χ3v) is 6.34. The monoisotopic (exact) mass is 392 g/mol. The van der Waals surface area contributed by atoms with Gasteiger partial charge in [0.15, 0.2) is 17.2 Å². The molecule has 1 fully saturated rings. The van der Waals surface area contributed by atoms with Gasteiger partial charge in [-0.3, -0.25) is 0 Å². The first-order valence-electron chi connectivity index (χ1n) is 10.7. The normalized spacial score (nSPS) is 21.8. The molecule has 1 unspecified atom stereocenters. The second kappa shape index (κ2) is 7.29. The van der Waals surface area contributed by atoms with E-state index in [4.69, 9.17) is 19.3 Å². The van der Waals surface area contributed by atoms with Crippen LogP contribution in [-0.2, 0) is 0 Å². The van der Waals surface area contributed by atoms with Crippen LogP contribution in [0.5, 0.6) is 17.2 Å². The first kappa shape index (κ1) is 18.3. The molecule has 5 rings (SSSR count). The van der Waals surface area contributed by atoms with Crippen LogP contribution in [0.3, 0.4) is 0 Å². The Labute approximate surface area is 172 Å². The lowest BCUT2D eigenvalue weighted by atomic mass is 9.86. The van der Waals surface area contributed by atoms with E-state index in [1.807, 2.05) is 31.2 Å². The van der Waals surface area contributed by atoms with E-state index in [9.17, 15) is 0 Å². The van der Waals surface area contributed by atoms with Gasteiger partial charge in [-0.2, -0.15) is 5.10 Å². The Morgan fingerprint density at radius 3 is 2.62 bits per heavy atom. The van der Waals surface area contributed by atoms with Crippen molar-refractivity contribution in [2.45, 2.75) is 57.2 Å². The van der Waals surface area contributed by atoms with Crippen LogP contribution >= 0.6 is 0 Å². The average Bonchev–Trinajstić information content (AvgIpc) is 3.22. The Hall–Kier alpha value is -2.69. The zero-order valence-electron chi connectivity index (χ0n) is 17.2. The maximum absolute atomic E-state index is 6.71. The molecule has 2 aromatic carbocycles. The van der Waals surface area contributed by atoms with Crippen molar-refractivity contribution in [2.24, 2.45) is 5.10 Å². The minimum absolute atomic E-state index is 0.188. The van der Waals surface area contributed by atoms with Crippen molar-refractivity contribution in [3.63, 3.8) is 0 Å². The Morgan fingerprint density at radius 1 is 1.10 bits per heavy atom. The molecule has 2 heterocycles. The van der Waals surface area contributed by atoms with Gasteiger partial charge in [0, 0.05) is 24.8 Å². The maximum Gasteiger partial charge on any atom is 0.198 e. The first-order valence-corrected chi connectivity index (χ1v) is 10.7. The fourth-order valence-electron chi connectivity index (χ4n) is 4.95. The van der Waals surface area contributed by atoms with Crippen molar-refractivity contribution < 1.29 is 14.2 Å². The van der Waals surface area contributed by atoms with E-state index < -0.39 is 0 Å². The standard InChI is InChI=1S/C24H28N2O3/c1-3-28-18-12-10-17(11-13-18)20-16-21-19-8-7-9-22(27-2)23(19)29-24(26(21)25-20)14-5-4-6-15-24/h7-13,21H,3-6,14-16H2,1-2H3. The molecule has 29 heavy (non-hydrogen) atoms. The SMILES string of the molecule is CCOc1ccc(C2=NN3C(C2)c2cccc(OC)c2OC32CCCCC2)cc1. The van der Waals surface area contributed by atoms with E-state index in [0.29, 0.717) is 6.61 Å². The van der Waals surface area contributed by atoms with Crippen molar-refractivity contribution in [2.75, 3.05) is 13.7 Å². The van der Waals surface area contributed by atoms with Crippen LogP contribution in [0.1, 0.15) is 62.6 Å². The molecule has 3 aliphatic rings. The van der Waals surface area contributed by atoms with Crippen LogP contribution in [0.25, 0.3) is 0 Å². The molecular formula is C24H28N2O3. The molecule has 0 amide bonds. The molecule has 0 aromatic heterocycles. The van der Waals surface area contributed by atoms with Gasteiger partial charge in [0.25, 0.3) is 0 Å². The Kier molecular flexibility index (Phi) is 4.61. The van der Waals surface area contributed by atoms with Crippen LogP contribution in [0.15, 0.2) is 47.6 Å². The molecule has 0 radical (unpaired) electrons. The summed E-state index contributed by atoms with van der Waals surface area (Å²) in [6.07, 6.45) is 6.47. The van der Waals surface area contributed by atoms with Gasteiger partial charge in [-0.15, -0.1) is 0 Å². The van der Waals surface area contributed by atoms with Gasteiger partial charge in [0.1, 0.15) is 5.75 Å². The van der Waals surface area contributed by atoms with E-state index >= 15 is 0 Å². The molecule has 1 atom stereocenters. The summed E-state index contributed by atoms with van der Waals surface area (Å²) in [5.74, 6) is 2.62. The summed E-state index contributed by atoms with van der Waals surface area (Å²) in [5.41, 5.74) is 3.07. The Morgan fingerprint density at radius 2 is 1.90 bits per heavy atom. The van der Waals surface area contributed by atoms with Crippen LogP contribution in [0.4, 0.5) is 0 Å². The zero-order valence-corrected chi connectivity index (χ0v) is 17.2. The topological polar surface area (TPSA) is 43.3 Å². The summed E-state index contributed by atoms with van der Waals surface area (Å²) in [4.78, 5) is 0. The van der Waals surface area contributed by atoms with Crippen molar-refractivity contribution >= 4 is 5.71 Å². The van der Waals surface area contributed by atoms with Crippen LogP contribution < -0.4 is 14.2 Å². The molecule has 0 saturated heterocycles. The molecule has 0 N–H and O–H groups in total. The molecule has 152 valence electrons. The van der Waals surface area contributed by atoms with E-state index in [2.05, 4.69) is 23.2 Å². The lowest BCUT2D eigenvalue weighted by molar-refractivity contribution is -0.141. The van der Waals surface area contributed by atoms with Crippen molar-refractivity contribution in [3.8, 4) is 17.2 Å². The number of methoxy groups -OCH3 is 1. The minimum atomic E-state index is -0.364. The molecule has 2 aliphatic heterocycles. The number of hydrogen-bond donors (Lipinski definition) is 0. The molecule has 1 aliphatic carbocycles. The summed E-state index contributed by atoms with van der Waals surface area (Å²) >= 11 is 0. The van der Waals surface area contributed by atoms with Crippen molar-refractivity contribution in [3.05, 3.63) is 53.6 Å². The number of para-hydroxylation sites is 1. The fraction of sp³-hybridized carbons (Fsp3) is 0.458. The number of rotatable bonds is 4. The second-order valence-corrected chi connectivity index (χ2v) is 8.06. The van der Waals surface area contributed by atoms with E-state index in [1.165, 1.54) is 24.8 Å². The highest BCUT2D eigenvalue weighted by molar-refractivity contribution is 6.02. The smallest absolute Gasteiger partial charge is 0.198 e. The van der Waals surface area contributed by atoms with Crippen LogP contribution in [-0.4, -0.2) is 30.2 Å². The summed E-state index contributed by atoms with van der Waals surface area (Å²) in [7, 11) is 1.72. The largest absolute Gasteiger partial charge is 0.494 e. The van der Waals surface area contributed by atoms with Gasteiger partial charge in [0.05, 0.1) is 25.5 Å². The van der Waals surface area contributed by atoms with Gasteiger partial charge in [-0.25, -0.2) is 5.01 Å². The summed E-state index contributed by atoms with van der Waals surface area (Å²) in [6, 6.07) is 14.7. The summed E-state index contributed by atoms with van der Waals surface area (Å²) < 4.78 is 17.9. The highest BCUT2D eigenvalue weighted by Crippen LogP contribution is 2.53. The van der Waals surface area contributed by atoms with E-state index in [0.717, 1.165) is 47.8 Å². The Bertz CT molecular complexity index is 916. The van der Waals surface area contributed by atoms with Crippen LogP contribution in [0.2, 0.25) is 0 Å². The van der Waals surface area contributed by atoms with Gasteiger partial charge in [-0.1, -0.05) is 18.6 Å². The number of ether oxygens (including phenoxy) is 3. The summed E-state index contributed by atoms with van der Waals surface area (Å²) in [5, 5.41) is 7.39. The van der Waals surface area contributed by atoms with Gasteiger partial charge in [-0.05, 0) is 55.7 Å². The molecule has 0 bridgehead atoms. The lowest BCUT2D eigenvalue weighted by Gasteiger charge is -2.49. The first-order chi connectivity index (χ1) is 14.2. The van der Waals surface area contributed by atoms with E-state index in [1.54, 1.807) is 7.11 Å². The van der Waals surface area contributed by atoms with E-state index in [-0.39, 0.29) is 11.8 Å². The highest BCUT2D eigenvalue weighted by Gasteiger charge is 2.51. The third-order valence-electron chi connectivity index (χ3n) is 6.34. The van der Waals surface area contributed by atoms with Crippen molar-refractivity contribution in [1.82, 2.24) is 5.01 Å². The maximum atomic E-state index is 6.71. The molecule has 1 spiro atoms.